The van der Waals surface area contributed by atoms with Crippen LogP contribution in [0.15, 0.2) is 72.8 Å². The van der Waals surface area contributed by atoms with E-state index in [1.54, 1.807) is 55.6 Å². The number of aryl methyl sites for hydroxylation is 1. The summed E-state index contributed by atoms with van der Waals surface area (Å²) in [5, 5.41) is 6.02. The van der Waals surface area contributed by atoms with Crippen LogP contribution in [0.3, 0.4) is 0 Å². The fourth-order valence-electron chi connectivity index (χ4n) is 3.68. The van der Waals surface area contributed by atoms with Crippen LogP contribution in [-0.4, -0.2) is 32.0 Å². The van der Waals surface area contributed by atoms with Crippen LogP contribution in [0.2, 0.25) is 0 Å². The molecule has 2 N–H and O–H groups in total. The lowest BCUT2D eigenvalue weighted by Crippen LogP contribution is -2.39. The van der Waals surface area contributed by atoms with Crippen LogP contribution in [0.5, 0.6) is 5.75 Å². The highest BCUT2D eigenvalue weighted by Gasteiger charge is 2.21. The number of amides is 2. The van der Waals surface area contributed by atoms with Crippen molar-refractivity contribution in [2.24, 2.45) is 0 Å². The van der Waals surface area contributed by atoms with Gasteiger partial charge in [0.1, 0.15) is 5.75 Å². The second-order valence-electron chi connectivity index (χ2n) is 7.39. The largest absolute Gasteiger partial charge is 0.497 e. The molecule has 1 aliphatic heterocycles. The molecule has 3 aromatic carbocycles. The Morgan fingerprint density at radius 3 is 2.39 bits per heavy atom. The third-order valence-corrected chi connectivity index (χ3v) is 5.35. The molecule has 0 atom stereocenters. The maximum Gasteiger partial charge on any atom is 0.255 e. The molecule has 0 fully saturated rings. The predicted octanol–water partition coefficient (Wildman–Crippen LogP) is 4.34. The normalized spacial score (nSPS) is 12.6. The van der Waals surface area contributed by atoms with Crippen LogP contribution in [-0.2, 0) is 11.2 Å². The highest BCUT2D eigenvalue weighted by molar-refractivity contribution is 6.04. The molecule has 6 nitrogen and oxygen atoms in total. The summed E-state index contributed by atoms with van der Waals surface area (Å²) in [4.78, 5) is 27.0. The van der Waals surface area contributed by atoms with Crippen molar-refractivity contribution in [3.8, 4) is 5.75 Å². The van der Waals surface area contributed by atoms with Crippen molar-refractivity contribution in [2.45, 2.75) is 12.8 Å². The van der Waals surface area contributed by atoms with Crippen molar-refractivity contribution in [3.05, 3.63) is 83.9 Å². The molecule has 31 heavy (non-hydrogen) atoms. The number of ether oxygens (including phenoxy) is 1. The second-order valence-corrected chi connectivity index (χ2v) is 7.39. The molecule has 4 rings (SSSR count). The van der Waals surface area contributed by atoms with Crippen LogP contribution in [0.25, 0.3) is 0 Å². The van der Waals surface area contributed by atoms with Crippen molar-refractivity contribution in [3.63, 3.8) is 0 Å². The van der Waals surface area contributed by atoms with Crippen molar-refractivity contribution in [1.29, 1.82) is 0 Å². The molecular weight excluding hydrogens is 390 g/mol. The van der Waals surface area contributed by atoms with Gasteiger partial charge in [-0.15, -0.1) is 0 Å². The summed E-state index contributed by atoms with van der Waals surface area (Å²) in [6, 6.07) is 22.3. The SMILES string of the molecule is COc1ccc(NC(=O)c2ccc(NCC(=O)N3CCCc4ccccc43)cc2)cc1. The molecule has 1 heterocycles. The van der Waals surface area contributed by atoms with E-state index in [2.05, 4.69) is 16.7 Å². The highest BCUT2D eigenvalue weighted by atomic mass is 16.5. The fraction of sp³-hybridized carbons (Fsp3) is 0.200. The predicted molar refractivity (Wildman–Crippen MR) is 123 cm³/mol. The van der Waals surface area contributed by atoms with Gasteiger partial charge in [-0.1, -0.05) is 18.2 Å². The summed E-state index contributed by atoms with van der Waals surface area (Å²) in [6.07, 6.45) is 1.98. The smallest absolute Gasteiger partial charge is 0.255 e. The summed E-state index contributed by atoms with van der Waals surface area (Å²) in [5.74, 6) is 0.571. The molecule has 0 aliphatic carbocycles. The molecule has 0 aromatic heterocycles. The van der Waals surface area contributed by atoms with Crippen LogP contribution >= 0.6 is 0 Å². The monoisotopic (exact) mass is 415 g/mol. The Hall–Kier alpha value is -3.80. The molecule has 0 radical (unpaired) electrons. The van der Waals surface area contributed by atoms with Crippen molar-refractivity contribution in [1.82, 2.24) is 0 Å². The van der Waals surface area contributed by atoms with Gasteiger partial charge < -0.3 is 20.3 Å². The molecular formula is C25H25N3O3. The summed E-state index contributed by atoms with van der Waals surface area (Å²) in [7, 11) is 1.60. The standard InChI is InChI=1S/C25H25N3O3/c1-31-22-14-12-21(13-15-22)27-25(30)19-8-10-20(11-9-19)26-17-24(29)28-16-4-6-18-5-2-3-7-23(18)28/h2-3,5,7-15,26H,4,6,16-17H2,1H3,(H,27,30). The second kappa shape index (κ2) is 9.34. The van der Waals surface area contributed by atoms with Crippen LogP contribution < -0.4 is 20.3 Å². The zero-order chi connectivity index (χ0) is 21.6. The summed E-state index contributed by atoms with van der Waals surface area (Å²) < 4.78 is 5.12. The lowest BCUT2D eigenvalue weighted by atomic mass is 10.0. The van der Waals surface area contributed by atoms with E-state index < -0.39 is 0 Å². The summed E-state index contributed by atoms with van der Waals surface area (Å²) >= 11 is 0. The molecule has 3 aromatic rings. The number of anilines is 3. The number of carbonyl (C=O) groups is 2. The van der Waals surface area contributed by atoms with E-state index in [1.807, 2.05) is 23.1 Å². The van der Waals surface area contributed by atoms with Gasteiger partial charge >= 0.3 is 0 Å². The van der Waals surface area contributed by atoms with Gasteiger partial charge in [0, 0.05) is 29.2 Å². The molecule has 158 valence electrons. The Kier molecular flexibility index (Phi) is 6.17. The molecule has 0 bridgehead atoms. The van der Waals surface area contributed by atoms with Gasteiger partial charge in [0.05, 0.1) is 13.7 Å². The van der Waals surface area contributed by atoms with Crippen LogP contribution in [0.4, 0.5) is 17.1 Å². The molecule has 0 unspecified atom stereocenters. The Bertz CT molecular complexity index is 1060. The maximum absolute atomic E-state index is 12.7. The van der Waals surface area contributed by atoms with E-state index in [0.29, 0.717) is 11.3 Å². The number of nitrogens with zero attached hydrogens (tertiary/aromatic N) is 1. The average Bonchev–Trinajstić information content (AvgIpc) is 2.83. The van der Waals surface area contributed by atoms with Gasteiger partial charge in [-0.25, -0.2) is 0 Å². The van der Waals surface area contributed by atoms with E-state index in [0.717, 1.165) is 36.5 Å². The zero-order valence-corrected chi connectivity index (χ0v) is 17.4. The summed E-state index contributed by atoms with van der Waals surface area (Å²) in [6.45, 7) is 0.938. The quantitative estimate of drug-likeness (QED) is 0.628. The third-order valence-electron chi connectivity index (χ3n) is 5.35. The third kappa shape index (κ3) is 4.86. The van der Waals surface area contributed by atoms with Gasteiger partial charge in [-0.2, -0.15) is 0 Å². The minimum Gasteiger partial charge on any atom is -0.497 e. The Balaban J connectivity index is 1.33. The van der Waals surface area contributed by atoms with E-state index in [9.17, 15) is 9.59 Å². The Labute approximate surface area is 181 Å². The lowest BCUT2D eigenvalue weighted by Gasteiger charge is -2.29. The van der Waals surface area contributed by atoms with Crippen LogP contribution in [0.1, 0.15) is 22.3 Å². The number of para-hydroxylation sites is 1. The number of methoxy groups -OCH3 is 1. The maximum atomic E-state index is 12.7. The van der Waals surface area contributed by atoms with Gasteiger partial charge in [0.15, 0.2) is 0 Å². The average molecular weight is 415 g/mol. The number of carbonyl (C=O) groups excluding carboxylic acids is 2. The van der Waals surface area contributed by atoms with Crippen molar-refractivity contribution in [2.75, 3.05) is 35.7 Å². The molecule has 2 amide bonds. The Morgan fingerprint density at radius 2 is 1.65 bits per heavy atom. The Morgan fingerprint density at radius 1 is 0.935 bits per heavy atom. The topological polar surface area (TPSA) is 70.7 Å². The van der Waals surface area contributed by atoms with Crippen molar-refractivity contribution >= 4 is 28.9 Å². The zero-order valence-electron chi connectivity index (χ0n) is 17.4. The number of hydrogen-bond acceptors (Lipinski definition) is 4. The van der Waals surface area contributed by atoms with E-state index in [4.69, 9.17) is 4.74 Å². The molecule has 0 spiro atoms. The van der Waals surface area contributed by atoms with Crippen molar-refractivity contribution < 1.29 is 14.3 Å². The van der Waals surface area contributed by atoms with Crippen LogP contribution in [0, 0.1) is 0 Å². The number of hydrogen-bond donors (Lipinski definition) is 2. The first kappa shape index (κ1) is 20.5. The van der Waals surface area contributed by atoms with Gasteiger partial charge in [0.25, 0.3) is 5.91 Å². The minimum absolute atomic E-state index is 0.0356. The molecule has 6 heteroatoms. The lowest BCUT2D eigenvalue weighted by molar-refractivity contribution is -0.117. The van der Waals surface area contributed by atoms with E-state index >= 15 is 0 Å². The number of benzene rings is 3. The molecule has 0 saturated carbocycles. The number of nitrogens with one attached hydrogen (secondary N) is 2. The van der Waals surface area contributed by atoms with Gasteiger partial charge in [0.2, 0.25) is 5.91 Å². The van der Waals surface area contributed by atoms with Gasteiger partial charge in [-0.3, -0.25) is 9.59 Å². The van der Waals surface area contributed by atoms with Gasteiger partial charge in [-0.05, 0) is 73.0 Å². The number of rotatable bonds is 6. The van der Waals surface area contributed by atoms with E-state index in [1.165, 1.54) is 5.56 Å². The first-order chi connectivity index (χ1) is 15.1. The summed E-state index contributed by atoms with van der Waals surface area (Å²) in [5.41, 5.74) is 4.25. The first-order valence-corrected chi connectivity index (χ1v) is 10.3. The molecule has 1 aliphatic rings. The first-order valence-electron chi connectivity index (χ1n) is 10.3. The van der Waals surface area contributed by atoms with E-state index in [-0.39, 0.29) is 18.4 Å². The minimum atomic E-state index is -0.197. The fourth-order valence-corrected chi connectivity index (χ4v) is 3.68. The molecule has 0 saturated heterocycles. The highest BCUT2D eigenvalue weighted by Crippen LogP contribution is 2.26. The number of fused-ring (bicyclic) bond motifs is 1.